The van der Waals surface area contributed by atoms with Crippen LogP contribution in [0.25, 0.3) is 0 Å². The zero-order valence-electron chi connectivity index (χ0n) is 11.0. The number of hydrogen-bond acceptors (Lipinski definition) is 4. The van der Waals surface area contributed by atoms with E-state index in [0.29, 0.717) is 5.92 Å². The van der Waals surface area contributed by atoms with E-state index in [1.807, 2.05) is 13.8 Å². The van der Waals surface area contributed by atoms with Crippen LogP contribution in [0, 0.1) is 11.3 Å². The summed E-state index contributed by atoms with van der Waals surface area (Å²) in [5, 5.41) is 0. The first-order chi connectivity index (χ1) is 7.15. The Kier molecular flexibility index (Phi) is 5.48. The monoisotopic (exact) mass is 230 g/mol. The number of carbonyl (C=O) groups is 2. The molecule has 4 nitrogen and oxygen atoms in total. The molecular formula is C12H22O4. The zero-order valence-corrected chi connectivity index (χ0v) is 11.0. The van der Waals surface area contributed by atoms with E-state index in [2.05, 4.69) is 13.8 Å². The first kappa shape index (κ1) is 14.9. The van der Waals surface area contributed by atoms with E-state index in [-0.39, 0.29) is 5.41 Å². The molecule has 4 heteroatoms. The van der Waals surface area contributed by atoms with Gasteiger partial charge in [-0.2, -0.15) is 0 Å². The summed E-state index contributed by atoms with van der Waals surface area (Å²) in [7, 11) is 0. The van der Waals surface area contributed by atoms with Gasteiger partial charge < -0.3 is 9.47 Å². The van der Waals surface area contributed by atoms with Gasteiger partial charge in [0.25, 0.3) is 6.29 Å². The quantitative estimate of drug-likeness (QED) is 0.538. The Morgan fingerprint density at radius 1 is 1.06 bits per heavy atom. The number of esters is 2. The van der Waals surface area contributed by atoms with E-state index < -0.39 is 18.2 Å². The molecule has 0 aromatic heterocycles. The molecule has 0 atom stereocenters. The maximum absolute atomic E-state index is 11.0. The van der Waals surface area contributed by atoms with Crippen molar-refractivity contribution in [2.24, 2.45) is 11.3 Å². The lowest BCUT2D eigenvalue weighted by molar-refractivity contribution is -0.208. The Morgan fingerprint density at radius 3 is 1.69 bits per heavy atom. The van der Waals surface area contributed by atoms with Crippen LogP contribution in [0.1, 0.15) is 48.0 Å². The first-order valence-electron chi connectivity index (χ1n) is 5.49. The summed E-state index contributed by atoms with van der Waals surface area (Å²) in [5.74, 6) is -0.449. The van der Waals surface area contributed by atoms with Gasteiger partial charge >= 0.3 is 11.9 Å². The van der Waals surface area contributed by atoms with Crippen LogP contribution < -0.4 is 0 Å². The lowest BCUT2D eigenvalue weighted by Gasteiger charge is -2.33. The van der Waals surface area contributed by atoms with Crippen LogP contribution in [-0.4, -0.2) is 18.2 Å². The molecule has 0 spiro atoms. The van der Waals surface area contributed by atoms with E-state index in [9.17, 15) is 9.59 Å². The van der Waals surface area contributed by atoms with Crippen LogP contribution >= 0.6 is 0 Å². The summed E-state index contributed by atoms with van der Waals surface area (Å²) in [6.45, 7) is 10.6. The minimum atomic E-state index is -0.815. The second-order valence-electron chi connectivity index (χ2n) is 5.14. The lowest BCUT2D eigenvalue weighted by Crippen LogP contribution is -2.38. The molecule has 0 aliphatic heterocycles. The van der Waals surface area contributed by atoms with Crippen molar-refractivity contribution < 1.29 is 19.1 Å². The number of carbonyl (C=O) groups excluding carboxylic acids is 2. The van der Waals surface area contributed by atoms with E-state index in [1.54, 1.807) is 0 Å². The topological polar surface area (TPSA) is 52.6 Å². The molecule has 0 saturated heterocycles. The normalized spacial score (nSPS) is 11.8. The highest BCUT2D eigenvalue weighted by Gasteiger charge is 2.35. The molecule has 0 heterocycles. The molecule has 0 N–H and O–H groups in total. The van der Waals surface area contributed by atoms with Crippen LogP contribution in [0.2, 0.25) is 0 Å². The zero-order chi connectivity index (χ0) is 12.9. The molecule has 0 aliphatic carbocycles. The summed E-state index contributed by atoms with van der Waals surface area (Å²) >= 11 is 0. The fraction of sp³-hybridized carbons (Fsp3) is 0.833. The third-order valence-electron chi connectivity index (χ3n) is 2.12. The minimum Gasteiger partial charge on any atom is -0.425 e. The van der Waals surface area contributed by atoms with Crippen molar-refractivity contribution in [3.8, 4) is 0 Å². The Hall–Kier alpha value is -1.06. The Labute approximate surface area is 97.3 Å². The fourth-order valence-corrected chi connectivity index (χ4v) is 1.79. The molecule has 0 bridgehead atoms. The van der Waals surface area contributed by atoms with Gasteiger partial charge in [-0.05, 0) is 12.3 Å². The highest BCUT2D eigenvalue weighted by Crippen LogP contribution is 2.32. The number of rotatable bonds is 5. The molecule has 0 aromatic rings. The minimum absolute atomic E-state index is 0.383. The average molecular weight is 230 g/mol. The fourth-order valence-electron chi connectivity index (χ4n) is 1.79. The third-order valence-corrected chi connectivity index (χ3v) is 2.12. The van der Waals surface area contributed by atoms with Crippen molar-refractivity contribution >= 4 is 11.9 Å². The Bertz CT molecular complexity index is 240. The smallest absolute Gasteiger partial charge is 0.305 e. The molecule has 0 amide bonds. The van der Waals surface area contributed by atoms with Gasteiger partial charge in [0.1, 0.15) is 0 Å². The maximum atomic E-state index is 11.0. The molecule has 0 aromatic carbocycles. The highest BCUT2D eigenvalue weighted by atomic mass is 16.7. The van der Waals surface area contributed by atoms with Crippen LogP contribution in [0.3, 0.4) is 0 Å². The van der Waals surface area contributed by atoms with Crippen molar-refractivity contribution in [1.29, 1.82) is 0 Å². The highest BCUT2D eigenvalue weighted by molar-refractivity contribution is 5.68. The maximum Gasteiger partial charge on any atom is 0.305 e. The number of ether oxygens (including phenoxy) is 2. The molecular weight excluding hydrogens is 208 g/mol. The predicted octanol–water partition coefficient (Wildman–Crippen LogP) is 2.51. The van der Waals surface area contributed by atoms with Gasteiger partial charge in [0, 0.05) is 19.3 Å². The molecule has 94 valence electrons. The van der Waals surface area contributed by atoms with Crippen molar-refractivity contribution in [1.82, 2.24) is 0 Å². The van der Waals surface area contributed by atoms with Crippen LogP contribution in [-0.2, 0) is 19.1 Å². The molecule has 16 heavy (non-hydrogen) atoms. The molecule has 0 unspecified atom stereocenters. The van der Waals surface area contributed by atoms with Gasteiger partial charge in [-0.25, -0.2) is 0 Å². The molecule has 0 fully saturated rings. The molecule has 0 rings (SSSR count). The number of hydrogen-bond donors (Lipinski definition) is 0. The van der Waals surface area contributed by atoms with Gasteiger partial charge in [-0.1, -0.05) is 27.7 Å². The van der Waals surface area contributed by atoms with Gasteiger partial charge in [-0.3, -0.25) is 9.59 Å². The van der Waals surface area contributed by atoms with E-state index in [0.717, 1.165) is 6.42 Å². The van der Waals surface area contributed by atoms with Gasteiger partial charge in [0.2, 0.25) is 0 Å². The standard InChI is InChI=1S/C12H22O4/c1-8(2)7-12(5,6)11(15-9(3)13)16-10(4)14/h8,11H,7H2,1-6H3. The van der Waals surface area contributed by atoms with Crippen LogP contribution in [0.5, 0.6) is 0 Å². The van der Waals surface area contributed by atoms with Gasteiger partial charge in [0.15, 0.2) is 0 Å². The van der Waals surface area contributed by atoms with Gasteiger partial charge in [0.05, 0.1) is 0 Å². The van der Waals surface area contributed by atoms with E-state index in [4.69, 9.17) is 9.47 Å². The van der Waals surface area contributed by atoms with Gasteiger partial charge in [-0.15, -0.1) is 0 Å². The summed E-state index contributed by atoms with van der Waals surface area (Å²) in [5.41, 5.74) is -0.383. The average Bonchev–Trinajstić information content (AvgIpc) is 1.98. The third kappa shape index (κ3) is 5.73. The Morgan fingerprint density at radius 2 is 1.44 bits per heavy atom. The molecule has 0 aliphatic rings. The summed E-state index contributed by atoms with van der Waals surface area (Å²) in [6.07, 6.45) is -0.0111. The molecule has 0 radical (unpaired) electrons. The lowest BCUT2D eigenvalue weighted by atomic mass is 9.83. The summed E-state index contributed by atoms with van der Waals surface area (Å²) in [4.78, 5) is 21.9. The van der Waals surface area contributed by atoms with Crippen LogP contribution in [0.4, 0.5) is 0 Å². The SMILES string of the molecule is CC(=O)OC(OC(C)=O)C(C)(C)CC(C)C. The van der Waals surface area contributed by atoms with Crippen molar-refractivity contribution in [2.45, 2.75) is 54.3 Å². The predicted molar refractivity (Wildman–Crippen MR) is 60.6 cm³/mol. The second kappa shape index (κ2) is 5.87. The summed E-state index contributed by atoms with van der Waals surface area (Å²) < 4.78 is 10.1. The largest absolute Gasteiger partial charge is 0.425 e. The van der Waals surface area contributed by atoms with E-state index >= 15 is 0 Å². The van der Waals surface area contributed by atoms with E-state index in [1.165, 1.54) is 13.8 Å². The van der Waals surface area contributed by atoms with Crippen molar-refractivity contribution in [3.05, 3.63) is 0 Å². The van der Waals surface area contributed by atoms with Crippen molar-refractivity contribution in [2.75, 3.05) is 0 Å². The Balaban J connectivity index is 4.70. The first-order valence-corrected chi connectivity index (χ1v) is 5.49. The second-order valence-corrected chi connectivity index (χ2v) is 5.14. The van der Waals surface area contributed by atoms with Crippen molar-refractivity contribution in [3.63, 3.8) is 0 Å². The van der Waals surface area contributed by atoms with Crippen LogP contribution in [0.15, 0.2) is 0 Å². The molecule has 0 saturated carbocycles. The summed E-state index contributed by atoms with van der Waals surface area (Å²) in [6, 6.07) is 0.